The molecule has 1 aliphatic carbocycles. The lowest BCUT2D eigenvalue weighted by molar-refractivity contribution is 0.0951. The molecule has 5 rings (SSSR count). The van der Waals surface area contributed by atoms with Gasteiger partial charge in [0, 0.05) is 28.9 Å². The molecule has 0 unspecified atom stereocenters. The first-order valence-corrected chi connectivity index (χ1v) is 13.0. The van der Waals surface area contributed by atoms with Crippen molar-refractivity contribution >= 4 is 21.4 Å². The van der Waals surface area contributed by atoms with Gasteiger partial charge in [0.15, 0.2) is 20.5 Å². The second kappa shape index (κ2) is 8.68. The van der Waals surface area contributed by atoms with E-state index in [9.17, 15) is 13.2 Å². The minimum absolute atomic E-state index is 0.0130. The van der Waals surface area contributed by atoms with Crippen LogP contribution in [-0.2, 0) is 9.84 Å². The quantitative estimate of drug-likeness (QED) is 0.429. The largest absolute Gasteiger partial charge is 0.349 e. The molecule has 4 aromatic rings. The topological polar surface area (TPSA) is 93.4 Å². The van der Waals surface area contributed by atoms with Crippen molar-refractivity contribution in [3.63, 3.8) is 0 Å². The maximum Gasteiger partial charge on any atom is 0.251 e. The lowest BCUT2D eigenvalue weighted by Crippen LogP contribution is -2.25. The molecule has 34 heavy (non-hydrogen) atoms. The van der Waals surface area contributed by atoms with Crippen molar-refractivity contribution in [2.75, 3.05) is 5.75 Å². The van der Waals surface area contributed by atoms with Crippen LogP contribution in [0.3, 0.4) is 0 Å². The number of hydrogen-bond donors (Lipinski definition) is 1. The van der Waals surface area contributed by atoms with Gasteiger partial charge < -0.3 is 5.32 Å². The first-order valence-electron chi connectivity index (χ1n) is 11.4. The van der Waals surface area contributed by atoms with Crippen LogP contribution >= 0.6 is 0 Å². The normalized spacial score (nSPS) is 14.0. The summed E-state index contributed by atoms with van der Waals surface area (Å²) in [5.41, 5.74) is 3.81. The second-order valence-corrected chi connectivity index (χ2v) is 11.1. The Balaban J connectivity index is 1.62. The molecule has 0 atom stereocenters. The van der Waals surface area contributed by atoms with Crippen LogP contribution in [0.2, 0.25) is 0 Å². The van der Waals surface area contributed by atoms with Crippen LogP contribution in [0, 0.1) is 5.92 Å². The highest BCUT2D eigenvalue weighted by Gasteiger charge is 2.26. The molecule has 2 heterocycles. The third-order valence-corrected chi connectivity index (χ3v) is 7.70. The fourth-order valence-corrected chi connectivity index (χ4v) is 5.64. The lowest BCUT2D eigenvalue weighted by atomic mass is 10.1. The zero-order chi connectivity index (χ0) is 23.9. The predicted octanol–water partition coefficient (Wildman–Crippen LogP) is 4.39. The van der Waals surface area contributed by atoms with Gasteiger partial charge in [-0.3, -0.25) is 9.20 Å². The number of aromatic nitrogens is 3. The third kappa shape index (κ3) is 4.46. The standard InChI is InChI=1S/C26H26N4O3S/c1-17(2)16-34(32,33)26-24-27-14-23(30(24)15-22(29-26)18-6-4-3-5-7-18)19-8-10-20(11-9-19)25(31)28-21-12-13-21/h3-11,14-15,17,21H,12-13,16H2,1-2H3,(H,28,31). The second-order valence-electron chi connectivity index (χ2n) is 9.13. The van der Waals surface area contributed by atoms with Crippen molar-refractivity contribution in [2.24, 2.45) is 5.92 Å². The Morgan fingerprint density at radius 2 is 1.76 bits per heavy atom. The summed E-state index contributed by atoms with van der Waals surface area (Å²) in [6.07, 6.45) is 5.53. The van der Waals surface area contributed by atoms with Crippen LogP contribution in [0.25, 0.3) is 28.2 Å². The Labute approximate surface area is 198 Å². The van der Waals surface area contributed by atoms with Gasteiger partial charge in [0.1, 0.15) is 0 Å². The van der Waals surface area contributed by atoms with Gasteiger partial charge in [0.05, 0.1) is 23.3 Å². The molecule has 0 spiro atoms. The van der Waals surface area contributed by atoms with Crippen molar-refractivity contribution in [3.05, 3.63) is 72.6 Å². The van der Waals surface area contributed by atoms with Crippen molar-refractivity contribution in [1.29, 1.82) is 0 Å². The van der Waals surface area contributed by atoms with Crippen molar-refractivity contribution in [2.45, 2.75) is 37.8 Å². The van der Waals surface area contributed by atoms with E-state index in [1.807, 2.05) is 62.5 Å². The predicted molar refractivity (Wildman–Crippen MR) is 131 cm³/mol. The van der Waals surface area contributed by atoms with Gasteiger partial charge >= 0.3 is 0 Å². The molecule has 0 saturated heterocycles. The van der Waals surface area contributed by atoms with Crippen LogP contribution in [-0.4, -0.2) is 40.5 Å². The molecular formula is C26H26N4O3S. The minimum atomic E-state index is -3.66. The van der Waals surface area contributed by atoms with Crippen LogP contribution < -0.4 is 5.32 Å². The molecule has 1 saturated carbocycles. The number of amides is 1. The van der Waals surface area contributed by atoms with Crippen molar-refractivity contribution < 1.29 is 13.2 Å². The molecule has 1 N–H and O–H groups in total. The van der Waals surface area contributed by atoms with E-state index in [0.29, 0.717) is 22.9 Å². The van der Waals surface area contributed by atoms with E-state index in [0.717, 1.165) is 29.7 Å². The summed E-state index contributed by atoms with van der Waals surface area (Å²) >= 11 is 0. The minimum Gasteiger partial charge on any atom is -0.349 e. The highest BCUT2D eigenvalue weighted by atomic mass is 32.2. The van der Waals surface area contributed by atoms with E-state index in [-0.39, 0.29) is 22.6 Å². The molecule has 8 heteroatoms. The average molecular weight is 475 g/mol. The number of benzene rings is 2. The fourth-order valence-electron chi connectivity index (χ4n) is 3.94. The molecular weight excluding hydrogens is 448 g/mol. The van der Waals surface area contributed by atoms with Crippen LogP contribution in [0.5, 0.6) is 0 Å². The summed E-state index contributed by atoms with van der Waals surface area (Å²) in [7, 11) is -3.66. The molecule has 1 amide bonds. The van der Waals surface area contributed by atoms with E-state index in [1.54, 1.807) is 22.7 Å². The number of hydrogen-bond acceptors (Lipinski definition) is 5. The maximum absolute atomic E-state index is 13.2. The summed E-state index contributed by atoms with van der Waals surface area (Å²) in [5.74, 6) is -0.137. The summed E-state index contributed by atoms with van der Waals surface area (Å²) in [6, 6.07) is 17.1. The van der Waals surface area contributed by atoms with E-state index >= 15 is 0 Å². The highest BCUT2D eigenvalue weighted by molar-refractivity contribution is 7.91. The highest BCUT2D eigenvalue weighted by Crippen LogP contribution is 2.29. The van der Waals surface area contributed by atoms with Gasteiger partial charge in [-0.25, -0.2) is 18.4 Å². The van der Waals surface area contributed by atoms with Crippen LogP contribution in [0.15, 0.2) is 72.0 Å². The fraction of sp³-hybridized carbons (Fsp3) is 0.269. The molecule has 2 aromatic carbocycles. The smallest absolute Gasteiger partial charge is 0.251 e. The molecule has 0 aliphatic heterocycles. The Morgan fingerprint density at radius 1 is 1.06 bits per heavy atom. The Morgan fingerprint density at radius 3 is 2.41 bits per heavy atom. The molecule has 174 valence electrons. The average Bonchev–Trinajstić information content (AvgIpc) is 3.53. The summed E-state index contributed by atoms with van der Waals surface area (Å²) in [6.45, 7) is 3.74. The first kappa shape index (κ1) is 22.3. The summed E-state index contributed by atoms with van der Waals surface area (Å²) in [4.78, 5) is 21.3. The SMILES string of the molecule is CC(C)CS(=O)(=O)c1nc(-c2ccccc2)cn2c(-c3ccc(C(=O)NC4CC4)cc3)cnc12. The Hall–Kier alpha value is -3.52. The number of carbonyl (C=O) groups is 1. The van der Waals surface area contributed by atoms with E-state index < -0.39 is 9.84 Å². The number of imidazole rings is 1. The van der Waals surface area contributed by atoms with E-state index in [1.165, 1.54) is 0 Å². The zero-order valence-electron chi connectivity index (χ0n) is 19.1. The summed E-state index contributed by atoms with van der Waals surface area (Å²) < 4.78 is 28.3. The number of fused-ring (bicyclic) bond motifs is 1. The number of nitrogens with zero attached hydrogens (tertiary/aromatic N) is 3. The monoisotopic (exact) mass is 474 g/mol. The molecule has 2 aromatic heterocycles. The number of nitrogens with one attached hydrogen (secondary N) is 1. The molecule has 0 bridgehead atoms. The van der Waals surface area contributed by atoms with E-state index in [2.05, 4.69) is 15.3 Å². The maximum atomic E-state index is 13.2. The number of carbonyl (C=O) groups excluding carboxylic acids is 1. The van der Waals surface area contributed by atoms with Gasteiger partial charge in [0.2, 0.25) is 0 Å². The van der Waals surface area contributed by atoms with Gasteiger partial charge in [-0.05, 0) is 30.9 Å². The van der Waals surface area contributed by atoms with Crippen molar-refractivity contribution in [3.8, 4) is 22.5 Å². The Kier molecular flexibility index (Phi) is 5.69. The molecule has 7 nitrogen and oxygen atoms in total. The van der Waals surface area contributed by atoms with Crippen LogP contribution in [0.4, 0.5) is 0 Å². The molecule has 1 aliphatic rings. The van der Waals surface area contributed by atoms with Gasteiger partial charge in [0.25, 0.3) is 5.91 Å². The van der Waals surface area contributed by atoms with Gasteiger partial charge in [-0.2, -0.15) is 0 Å². The lowest BCUT2D eigenvalue weighted by Gasteiger charge is -2.12. The number of rotatable bonds is 7. The van der Waals surface area contributed by atoms with E-state index in [4.69, 9.17) is 0 Å². The Bertz CT molecular complexity index is 1460. The van der Waals surface area contributed by atoms with Gasteiger partial charge in [-0.1, -0.05) is 56.3 Å². The number of sulfone groups is 1. The molecule has 0 radical (unpaired) electrons. The molecule has 1 fully saturated rings. The first-order chi connectivity index (χ1) is 16.3. The van der Waals surface area contributed by atoms with Crippen LogP contribution in [0.1, 0.15) is 37.0 Å². The van der Waals surface area contributed by atoms with Crippen molar-refractivity contribution in [1.82, 2.24) is 19.7 Å². The third-order valence-electron chi connectivity index (χ3n) is 5.73. The van der Waals surface area contributed by atoms with Gasteiger partial charge in [-0.15, -0.1) is 0 Å². The zero-order valence-corrected chi connectivity index (χ0v) is 19.9. The summed E-state index contributed by atoms with van der Waals surface area (Å²) in [5, 5.41) is 2.97.